The molecule has 1 fully saturated rings. The van der Waals surface area contributed by atoms with Crippen LogP contribution in [0.25, 0.3) is 21.5 Å². The van der Waals surface area contributed by atoms with Crippen LogP contribution in [0.1, 0.15) is 29.5 Å². The van der Waals surface area contributed by atoms with Gasteiger partial charge in [0.1, 0.15) is 17.2 Å². The van der Waals surface area contributed by atoms with E-state index in [1.807, 2.05) is 29.5 Å². The van der Waals surface area contributed by atoms with E-state index in [0.29, 0.717) is 5.92 Å². The van der Waals surface area contributed by atoms with Gasteiger partial charge in [-0.2, -0.15) is 0 Å². The van der Waals surface area contributed by atoms with Crippen molar-refractivity contribution in [2.24, 2.45) is 0 Å². The molecule has 3 heterocycles. The molecule has 0 bridgehead atoms. The van der Waals surface area contributed by atoms with E-state index in [1.165, 1.54) is 29.1 Å². The van der Waals surface area contributed by atoms with Crippen molar-refractivity contribution in [3.05, 3.63) is 71.4 Å². The van der Waals surface area contributed by atoms with Crippen molar-refractivity contribution in [2.45, 2.75) is 25.3 Å². The smallest absolute Gasteiger partial charge is 0.167 e. The van der Waals surface area contributed by atoms with Gasteiger partial charge in [-0.15, -0.1) is 11.3 Å². The zero-order chi connectivity index (χ0) is 18.1. The average Bonchev–Trinajstić information content (AvgIpc) is 3.36. The zero-order valence-electron chi connectivity index (χ0n) is 15.1. The SMILES string of the molecule is c1ccc(-c2cc(C[NH+]3CCC[C@H](c4nc5ccccc5s4)C3)no2)cc1. The van der Waals surface area contributed by atoms with Crippen molar-refractivity contribution in [1.82, 2.24) is 10.1 Å². The van der Waals surface area contributed by atoms with Crippen molar-refractivity contribution in [3.63, 3.8) is 0 Å². The zero-order valence-corrected chi connectivity index (χ0v) is 15.9. The lowest BCUT2D eigenvalue weighted by Crippen LogP contribution is -3.12. The number of fused-ring (bicyclic) bond motifs is 1. The van der Waals surface area contributed by atoms with E-state index in [4.69, 9.17) is 9.51 Å². The van der Waals surface area contributed by atoms with Crippen LogP contribution in [0.5, 0.6) is 0 Å². The van der Waals surface area contributed by atoms with Gasteiger partial charge < -0.3 is 9.42 Å². The molecule has 1 aliphatic heterocycles. The number of piperidine rings is 1. The highest BCUT2D eigenvalue weighted by molar-refractivity contribution is 7.18. The van der Waals surface area contributed by atoms with E-state index >= 15 is 0 Å². The van der Waals surface area contributed by atoms with Gasteiger partial charge in [0.05, 0.1) is 29.2 Å². The molecule has 0 aliphatic carbocycles. The number of nitrogens with one attached hydrogen (secondary N) is 1. The highest BCUT2D eigenvalue weighted by atomic mass is 32.1. The van der Waals surface area contributed by atoms with E-state index in [2.05, 4.69) is 47.6 Å². The molecule has 4 aromatic rings. The van der Waals surface area contributed by atoms with Gasteiger partial charge >= 0.3 is 0 Å². The highest BCUT2D eigenvalue weighted by Crippen LogP contribution is 2.30. The maximum atomic E-state index is 5.57. The highest BCUT2D eigenvalue weighted by Gasteiger charge is 2.27. The Labute approximate surface area is 162 Å². The monoisotopic (exact) mass is 376 g/mol. The summed E-state index contributed by atoms with van der Waals surface area (Å²) in [6.07, 6.45) is 2.47. The van der Waals surface area contributed by atoms with Gasteiger partial charge in [-0.05, 0) is 25.0 Å². The van der Waals surface area contributed by atoms with Crippen LogP contribution in [0.2, 0.25) is 0 Å². The fourth-order valence-corrected chi connectivity index (χ4v) is 5.08. The topological polar surface area (TPSA) is 43.4 Å². The summed E-state index contributed by atoms with van der Waals surface area (Å²) in [5.74, 6) is 1.40. The maximum absolute atomic E-state index is 5.57. The molecule has 1 saturated heterocycles. The van der Waals surface area contributed by atoms with E-state index in [9.17, 15) is 0 Å². The molecule has 136 valence electrons. The third-order valence-electron chi connectivity index (χ3n) is 5.33. The van der Waals surface area contributed by atoms with Gasteiger partial charge in [-0.3, -0.25) is 0 Å². The summed E-state index contributed by atoms with van der Waals surface area (Å²) in [5, 5.41) is 5.60. The second kappa shape index (κ2) is 7.25. The predicted molar refractivity (Wildman–Crippen MR) is 108 cm³/mol. The third-order valence-corrected chi connectivity index (χ3v) is 6.52. The number of benzene rings is 2. The van der Waals surface area contributed by atoms with Gasteiger partial charge in [0.15, 0.2) is 5.76 Å². The Bertz CT molecular complexity index is 1010. The van der Waals surface area contributed by atoms with Crippen molar-refractivity contribution in [3.8, 4) is 11.3 Å². The van der Waals surface area contributed by atoms with Crippen molar-refractivity contribution in [1.29, 1.82) is 0 Å². The molecule has 27 heavy (non-hydrogen) atoms. The molecule has 5 rings (SSSR count). The molecule has 5 heteroatoms. The Hall–Kier alpha value is -2.50. The Kier molecular flexibility index (Phi) is 4.47. The summed E-state index contributed by atoms with van der Waals surface area (Å²) in [7, 11) is 0. The Morgan fingerprint density at radius 1 is 1.07 bits per heavy atom. The predicted octanol–water partition coefficient (Wildman–Crippen LogP) is 3.91. The number of para-hydroxylation sites is 1. The maximum Gasteiger partial charge on any atom is 0.167 e. The number of nitrogens with zero attached hydrogens (tertiary/aromatic N) is 2. The van der Waals surface area contributed by atoms with Gasteiger partial charge in [-0.1, -0.05) is 47.6 Å². The number of aromatic nitrogens is 2. The van der Waals surface area contributed by atoms with Crippen LogP contribution in [0.4, 0.5) is 0 Å². The normalized spacial score (nSPS) is 20.1. The van der Waals surface area contributed by atoms with Crippen LogP contribution in [0, 0.1) is 0 Å². The number of likely N-dealkylation sites (tertiary alicyclic amines) is 1. The van der Waals surface area contributed by atoms with Crippen LogP contribution < -0.4 is 4.90 Å². The van der Waals surface area contributed by atoms with E-state index < -0.39 is 0 Å². The molecule has 2 atom stereocenters. The van der Waals surface area contributed by atoms with Crippen molar-refractivity contribution >= 4 is 21.6 Å². The first-order chi connectivity index (χ1) is 13.3. The van der Waals surface area contributed by atoms with Crippen LogP contribution in [-0.4, -0.2) is 23.2 Å². The standard InChI is InChI=1S/C22H21N3OS/c1-2-7-16(8-3-1)20-13-18(24-26-20)15-25-12-6-9-17(14-25)22-23-19-10-4-5-11-21(19)27-22/h1-5,7-8,10-11,13,17H,6,9,12,14-15H2/p+1/t17-/m0/s1. The Morgan fingerprint density at radius 3 is 2.81 bits per heavy atom. The molecule has 1 aliphatic rings. The number of hydrogen-bond acceptors (Lipinski definition) is 4. The second-order valence-corrected chi connectivity index (χ2v) is 8.35. The molecule has 1 N–H and O–H groups in total. The molecule has 2 aromatic carbocycles. The van der Waals surface area contributed by atoms with E-state index in [1.54, 1.807) is 4.90 Å². The molecule has 0 spiro atoms. The fourth-order valence-electron chi connectivity index (χ4n) is 3.98. The first-order valence-corrected chi connectivity index (χ1v) is 10.4. The minimum absolute atomic E-state index is 0.548. The lowest BCUT2D eigenvalue weighted by Gasteiger charge is -2.28. The van der Waals surface area contributed by atoms with Crippen molar-refractivity contribution < 1.29 is 9.42 Å². The molecule has 1 unspecified atom stereocenters. The summed E-state index contributed by atoms with van der Waals surface area (Å²) in [5.41, 5.74) is 3.25. The molecule has 0 radical (unpaired) electrons. The Balaban J connectivity index is 1.29. The first kappa shape index (κ1) is 16.7. The van der Waals surface area contributed by atoms with Crippen LogP contribution in [-0.2, 0) is 6.54 Å². The largest absolute Gasteiger partial charge is 0.356 e. The average molecular weight is 377 g/mol. The number of thiazole rings is 1. The summed E-state index contributed by atoms with van der Waals surface area (Å²) >= 11 is 1.85. The molecule has 4 nitrogen and oxygen atoms in total. The van der Waals surface area contributed by atoms with Crippen LogP contribution in [0.3, 0.4) is 0 Å². The summed E-state index contributed by atoms with van der Waals surface area (Å²) in [4.78, 5) is 6.46. The second-order valence-electron chi connectivity index (χ2n) is 7.29. The van der Waals surface area contributed by atoms with E-state index in [0.717, 1.165) is 35.6 Å². The summed E-state index contributed by atoms with van der Waals surface area (Å²) < 4.78 is 6.87. The molecular formula is C22H22N3OS+. The van der Waals surface area contributed by atoms with Crippen LogP contribution >= 0.6 is 11.3 Å². The molecular weight excluding hydrogens is 354 g/mol. The fraction of sp³-hybridized carbons (Fsp3) is 0.273. The number of quaternary nitrogens is 1. The van der Waals surface area contributed by atoms with Gasteiger partial charge in [0.2, 0.25) is 0 Å². The Morgan fingerprint density at radius 2 is 1.93 bits per heavy atom. The molecule has 2 aromatic heterocycles. The van der Waals surface area contributed by atoms with E-state index in [-0.39, 0.29) is 0 Å². The van der Waals surface area contributed by atoms with Crippen LogP contribution in [0.15, 0.2) is 65.2 Å². The lowest BCUT2D eigenvalue weighted by molar-refractivity contribution is -0.920. The number of hydrogen-bond donors (Lipinski definition) is 1. The first-order valence-electron chi connectivity index (χ1n) is 9.55. The lowest BCUT2D eigenvalue weighted by atomic mass is 9.98. The molecule has 0 amide bonds. The third kappa shape index (κ3) is 3.53. The van der Waals surface area contributed by atoms with Gasteiger partial charge in [-0.25, -0.2) is 4.98 Å². The summed E-state index contributed by atoms with van der Waals surface area (Å²) in [6, 6.07) is 20.7. The van der Waals surface area contributed by atoms with Crippen molar-refractivity contribution in [2.75, 3.05) is 13.1 Å². The minimum atomic E-state index is 0.548. The van der Waals surface area contributed by atoms with Gasteiger partial charge in [0, 0.05) is 11.6 Å². The quantitative estimate of drug-likeness (QED) is 0.587. The molecule has 0 saturated carbocycles. The van der Waals surface area contributed by atoms with Gasteiger partial charge in [0.25, 0.3) is 0 Å². The summed E-state index contributed by atoms with van der Waals surface area (Å²) in [6.45, 7) is 3.22. The minimum Gasteiger partial charge on any atom is -0.356 e. The number of rotatable bonds is 4.